The molecule has 1 aliphatic carbocycles. The van der Waals surface area contributed by atoms with Gasteiger partial charge in [0.15, 0.2) is 4.80 Å². The maximum atomic E-state index is 13.7. The van der Waals surface area contributed by atoms with Crippen LogP contribution >= 0.6 is 33.9 Å². The molecule has 1 aromatic heterocycles. The highest BCUT2D eigenvalue weighted by molar-refractivity contribution is 14.1. The lowest BCUT2D eigenvalue weighted by molar-refractivity contribution is 0.585. The Morgan fingerprint density at radius 3 is 2.55 bits per heavy atom. The van der Waals surface area contributed by atoms with Crippen LogP contribution in [0, 0.1) is 10.5 Å². The zero-order valence-electron chi connectivity index (χ0n) is 18.1. The molecule has 6 rings (SSSR count). The first-order chi connectivity index (χ1) is 16.1. The smallest absolute Gasteiger partial charge is 0.271 e. The van der Waals surface area contributed by atoms with Gasteiger partial charge in [0.25, 0.3) is 5.56 Å². The molecule has 33 heavy (non-hydrogen) atoms. The first-order valence-electron chi connectivity index (χ1n) is 11.0. The molecule has 0 amide bonds. The number of nitrogens with zero attached hydrogens (tertiary/aromatic N) is 2. The van der Waals surface area contributed by atoms with Crippen molar-refractivity contribution in [3.05, 3.63) is 129 Å². The molecule has 0 N–H and O–H groups in total. The average molecular weight is 560 g/mol. The summed E-state index contributed by atoms with van der Waals surface area (Å²) in [7, 11) is 0. The Morgan fingerprint density at radius 2 is 1.76 bits per heavy atom. The van der Waals surface area contributed by atoms with Crippen molar-refractivity contribution in [2.24, 2.45) is 4.99 Å². The van der Waals surface area contributed by atoms with Crippen molar-refractivity contribution in [3.63, 3.8) is 0 Å². The fourth-order valence-electron chi connectivity index (χ4n) is 4.78. The van der Waals surface area contributed by atoms with Crippen LogP contribution in [0.15, 0.2) is 88.2 Å². The molecule has 0 saturated heterocycles. The molecule has 0 spiro atoms. The van der Waals surface area contributed by atoms with E-state index >= 15 is 0 Å². The SMILES string of the molecule is Cc1ccc(C2C3=C(N=c4sc(=Cc5ccc(I)cc5)c(=O)n42)c2ccccc2CC3)cc1. The van der Waals surface area contributed by atoms with Crippen LogP contribution in [0.2, 0.25) is 0 Å². The van der Waals surface area contributed by atoms with Crippen LogP contribution in [0.4, 0.5) is 0 Å². The summed E-state index contributed by atoms with van der Waals surface area (Å²) in [5, 5.41) is 0. The van der Waals surface area contributed by atoms with Gasteiger partial charge >= 0.3 is 0 Å². The van der Waals surface area contributed by atoms with E-state index in [-0.39, 0.29) is 11.6 Å². The normalized spacial score (nSPS) is 17.3. The fraction of sp³-hybridized carbons (Fsp3) is 0.143. The van der Waals surface area contributed by atoms with Gasteiger partial charge in [0.2, 0.25) is 0 Å². The van der Waals surface area contributed by atoms with Crippen molar-refractivity contribution in [3.8, 4) is 0 Å². The summed E-state index contributed by atoms with van der Waals surface area (Å²) in [4.78, 5) is 19.6. The fourth-order valence-corrected chi connectivity index (χ4v) is 6.14. The van der Waals surface area contributed by atoms with Crippen LogP contribution in [0.3, 0.4) is 0 Å². The minimum atomic E-state index is -0.121. The highest BCUT2D eigenvalue weighted by Crippen LogP contribution is 2.41. The first-order valence-corrected chi connectivity index (χ1v) is 12.9. The average Bonchev–Trinajstić information content (AvgIpc) is 3.14. The maximum absolute atomic E-state index is 13.7. The third kappa shape index (κ3) is 3.63. The number of thiazole rings is 1. The number of aromatic nitrogens is 1. The van der Waals surface area contributed by atoms with Gasteiger partial charge in [0, 0.05) is 9.13 Å². The van der Waals surface area contributed by atoms with Crippen molar-refractivity contribution < 1.29 is 0 Å². The first kappa shape index (κ1) is 20.8. The van der Waals surface area contributed by atoms with Gasteiger partial charge in [-0.25, -0.2) is 4.99 Å². The molecule has 0 radical (unpaired) electrons. The monoisotopic (exact) mass is 560 g/mol. The van der Waals surface area contributed by atoms with Gasteiger partial charge in [0.05, 0.1) is 16.3 Å². The third-order valence-electron chi connectivity index (χ3n) is 6.43. The van der Waals surface area contributed by atoms with Gasteiger partial charge in [-0.05, 0) is 82.8 Å². The zero-order chi connectivity index (χ0) is 22.5. The Morgan fingerprint density at radius 1 is 1.00 bits per heavy atom. The Bertz CT molecular complexity index is 1590. The van der Waals surface area contributed by atoms with E-state index in [1.165, 1.54) is 37.2 Å². The molecule has 3 nitrogen and oxygen atoms in total. The number of benzene rings is 3. The lowest BCUT2D eigenvalue weighted by Crippen LogP contribution is -2.38. The number of rotatable bonds is 2. The molecular formula is C28H21IN2OS. The molecule has 5 heteroatoms. The van der Waals surface area contributed by atoms with Gasteiger partial charge < -0.3 is 0 Å². The standard InChI is InChI=1S/C28H21IN2OS/c1-17-6-10-20(11-7-17)26-23-15-12-19-4-2-3-5-22(19)25(23)30-28-31(26)27(32)24(33-28)16-18-8-13-21(29)14-9-18/h2-11,13-14,16,26H,12,15H2,1H3. The largest absolute Gasteiger partial charge is 0.272 e. The summed E-state index contributed by atoms with van der Waals surface area (Å²) in [6, 6.07) is 25.2. The number of allylic oxidation sites excluding steroid dienone is 1. The van der Waals surface area contributed by atoms with E-state index in [1.54, 1.807) is 0 Å². The van der Waals surface area contributed by atoms with E-state index in [0.717, 1.165) is 39.0 Å². The molecule has 0 saturated carbocycles. The maximum Gasteiger partial charge on any atom is 0.271 e. The Labute approximate surface area is 209 Å². The summed E-state index contributed by atoms with van der Waals surface area (Å²) >= 11 is 3.78. The van der Waals surface area contributed by atoms with Gasteiger partial charge in [0.1, 0.15) is 0 Å². The second-order valence-electron chi connectivity index (χ2n) is 8.58. The lowest BCUT2D eigenvalue weighted by atomic mass is 9.83. The Hall–Kier alpha value is -2.77. The molecule has 1 atom stereocenters. The van der Waals surface area contributed by atoms with Gasteiger partial charge in [-0.2, -0.15) is 0 Å². The number of hydrogen-bond acceptors (Lipinski definition) is 3. The Kier molecular flexibility index (Phi) is 5.18. The number of halogens is 1. The van der Waals surface area contributed by atoms with E-state index in [0.29, 0.717) is 0 Å². The zero-order valence-corrected chi connectivity index (χ0v) is 21.1. The predicted octanol–water partition coefficient (Wildman–Crippen LogP) is 5.23. The van der Waals surface area contributed by atoms with Crippen LogP contribution in [0.5, 0.6) is 0 Å². The second-order valence-corrected chi connectivity index (χ2v) is 10.8. The van der Waals surface area contributed by atoms with Crippen LogP contribution in [-0.2, 0) is 6.42 Å². The molecule has 2 heterocycles. The predicted molar refractivity (Wildman–Crippen MR) is 143 cm³/mol. The summed E-state index contributed by atoms with van der Waals surface area (Å²) in [6.45, 7) is 2.10. The van der Waals surface area contributed by atoms with Crippen molar-refractivity contribution in [2.75, 3.05) is 0 Å². The highest BCUT2D eigenvalue weighted by Gasteiger charge is 2.32. The van der Waals surface area contributed by atoms with Crippen LogP contribution in [-0.4, -0.2) is 4.57 Å². The van der Waals surface area contributed by atoms with E-state index < -0.39 is 0 Å². The molecule has 0 bridgehead atoms. The second kappa shape index (κ2) is 8.22. The minimum Gasteiger partial charge on any atom is -0.272 e. The van der Waals surface area contributed by atoms with E-state index in [1.807, 2.05) is 10.6 Å². The number of aryl methyl sites for hydroxylation is 2. The molecule has 1 aliphatic heterocycles. The van der Waals surface area contributed by atoms with Crippen molar-refractivity contribution in [1.82, 2.24) is 4.57 Å². The summed E-state index contributed by atoms with van der Waals surface area (Å²) in [5.41, 5.74) is 8.24. The van der Waals surface area contributed by atoms with Crippen LogP contribution in [0.1, 0.15) is 40.3 Å². The third-order valence-corrected chi connectivity index (χ3v) is 8.14. The molecule has 2 aliphatic rings. The van der Waals surface area contributed by atoms with Gasteiger partial charge in [-0.15, -0.1) is 0 Å². The van der Waals surface area contributed by atoms with Crippen molar-refractivity contribution in [2.45, 2.75) is 25.8 Å². The summed E-state index contributed by atoms with van der Waals surface area (Å²) in [6.07, 6.45) is 3.87. The Balaban J connectivity index is 1.62. The van der Waals surface area contributed by atoms with E-state index in [2.05, 4.69) is 102 Å². The summed E-state index contributed by atoms with van der Waals surface area (Å²) < 4.78 is 3.82. The van der Waals surface area contributed by atoms with Crippen LogP contribution in [0.25, 0.3) is 11.8 Å². The van der Waals surface area contributed by atoms with Gasteiger partial charge in [-0.1, -0.05) is 77.6 Å². The van der Waals surface area contributed by atoms with E-state index in [9.17, 15) is 4.79 Å². The quantitative estimate of drug-likeness (QED) is 0.309. The topological polar surface area (TPSA) is 34.4 Å². The molecule has 4 aromatic rings. The highest BCUT2D eigenvalue weighted by atomic mass is 127. The van der Waals surface area contributed by atoms with Crippen LogP contribution < -0.4 is 14.9 Å². The van der Waals surface area contributed by atoms with Crippen molar-refractivity contribution in [1.29, 1.82) is 0 Å². The minimum absolute atomic E-state index is 0.0354. The molecular weight excluding hydrogens is 539 g/mol. The molecule has 1 unspecified atom stereocenters. The molecule has 0 fully saturated rings. The molecule has 3 aromatic carbocycles. The lowest BCUT2D eigenvalue weighted by Gasteiger charge is -2.30. The van der Waals surface area contributed by atoms with Gasteiger partial charge in [-0.3, -0.25) is 9.36 Å². The van der Waals surface area contributed by atoms with Crippen molar-refractivity contribution >= 4 is 45.7 Å². The van der Waals surface area contributed by atoms with E-state index in [4.69, 9.17) is 4.99 Å². The molecule has 162 valence electrons. The number of fused-ring (bicyclic) bond motifs is 3. The summed E-state index contributed by atoms with van der Waals surface area (Å²) in [5.74, 6) is 0. The number of hydrogen-bond donors (Lipinski definition) is 0.